The van der Waals surface area contributed by atoms with E-state index in [4.69, 9.17) is 0 Å². The fourth-order valence-corrected chi connectivity index (χ4v) is 16.4. The Bertz CT molecular complexity index is 1110. The van der Waals surface area contributed by atoms with Crippen molar-refractivity contribution in [3.8, 4) is 0 Å². The van der Waals surface area contributed by atoms with Crippen LogP contribution in [0.3, 0.4) is 0 Å². The summed E-state index contributed by atoms with van der Waals surface area (Å²) >= 11 is -5.00. The number of carbonyl (C=O) groups excluding carboxylic acids is 3. The zero-order valence-corrected chi connectivity index (χ0v) is 26.5. The summed E-state index contributed by atoms with van der Waals surface area (Å²) < 4.78 is -0.397. The van der Waals surface area contributed by atoms with E-state index in [1.807, 2.05) is 100 Å². The Hall–Kier alpha value is -3.13. The summed E-state index contributed by atoms with van der Waals surface area (Å²) in [7, 11) is 11.6. The fourth-order valence-electron chi connectivity index (χ4n) is 4.56. The second kappa shape index (κ2) is 12.6. The Balaban J connectivity index is 2.21. The number of hydrogen-bond acceptors (Lipinski definition) is 6. The predicted molar refractivity (Wildman–Crippen MR) is 161 cm³/mol. The summed E-state index contributed by atoms with van der Waals surface area (Å²) in [5, 5.41) is 0. The molecule has 3 rings (SSSR count). The van der Waals surface area contributed by atoms with E-state index in [2.05, 4.69) is 0 Å². The van der Waals surface area contributed by atoms with Gasteiger partial charge in [-0.05, 0) is 0 Å². The Kier molecular flexibility index (Phi) is 9.76. The van der Waals surface area contributed by atoms with Crippen LogP contribution < -0.4 is 14.7 Å². The number of rotatable bonds is 12. The molecular formula is C31H39N3O3Sn. The van der Waals surface area contributed by atoms with Crippen LogP contribution in [0.15, 0.2) is 72.8 Å². The van der Waals surface area contributed by atoms with Crippen molar-refractivity contribution in [1.29, 1.82) is 0 Å². The molecule has 0 N–H and O–H groups in total. The van der Waals surface area contributed by atoms with Gasteiger partial charge in [-0.2, -0.15) is 0 Å². The van der Waals surface area contributed by atoms with Crippen LogP contribution in [0.25, 0.3) is 0 Å². The summed E-state index contributed by atoms with van der Waals surface area (Å²) in [5.74, 6) is 0. The van der Waals surface area contributed by atoms with Crippen molar-refractivity contribution < 1.29 is 14.4 Å². The number of carbonyl (C=O) groups is 3. The first-order valence-corrected chi connectivity index (χ1v) is 19.3. The number of hydrogen-bond donors (Lipinski definition) is 0. The maximum absolute atomic E-state index is 14.5. The summed E-state index contributed by atoms with van der Waals surface area (Å²) in [5.41, 5.74) is 4.18. The molecule has 0 unspecified atom stereocenters. The first-order chi connectivity index (χ1) is 18.0. The van der Waals surface area contributed by atoms with Crippen molar-refractivity contribution in [2.45, 2.75) is 24.2 Å². The van der Waals surface area contributed by atoms with Crippen LogP contribution in [0.5, 0.6) is 0 Å². The average molecular weight is 620 g/mol. The summed E-state index contributed by atoms with van der Waals surface area (Å²) in [6, 6.07) is 21.8. The molecule has 0 bridgehead atoms. The third kappa shape index (κ3) is 6.12. The average Bonchev–Trinajstić information content (AvgIpc) is 2.93. The van der Waals surface area contributed by atoms with Gasteiger partial charge in [0.15, 0.2) is 0 Å². The van der Waals surface area contributed by atoms with Gasteiger partial charge in [0.1, 0.15) is 0 Å². The van der Waals surface area contributed by atoms with E-state index in [-0.39, 0.29) is 11.4 Å². The van der Waals surface area contributed by atoms with Gasteiger partial charge in [0.25, 0.3) is 0 Å². The van der Waals surface area contributed by atoms with Crippen LogP contribution in [-0.4, -0.2) is 72.1 Å². The Morgan fingerprint density at radius 3 is 1.00 bits per heavy atom. The van der Waals surface area contributed by atoms with Crippen LogP contribution in [0.4, 0.5) is 17.1 Å². The summed E-state index contributed by atoms with van der Waals surface area (Å²) in [6.07, 6.45) is 1.45. The fraction of sp³-hybridized carbons (Fsp3) is 0.323. The summed E-state index contributed by atoms with van der Waals surface area (Å²) in [6.45, 7) is 2.03. The molecule has 0 saturated carbocycles. The van der Waals surface area contributed by atoms with E-state index >= 15 is 0 Å². The molecule has 0 fully saturated rings. The molecule has 0 aromatic heterocycles. The monoisotopic (exact) mass is 621 g/mol. The van der Waals surface area contributed by atoms with Gasteiger partial charge in [-0.25, -0.2) is 0 Å². The van der Waals surface area contributed by atoms with Gasteiger partial charge in [-0.15, -0.1) is 0 Å². The van der Waals surface area contributed by atoms with Gasteiger partial charge in [0.2, 0.25) is 0 Å². The molecule has 0 heterocycles. The molecule has 0 aliphatic carbocycles. The summed E-state index contributed by atoms with van der Waals surface area (Å²) in [4.78, 5) is 49.2. The molecule has 3 aromatic carbocycles. The molecule has 0 atom stereocenters. The van der Waals surface area contributed by atoms with Gasteiger partial charge in [0.05, 0.1) is 0 Å². The van der Waals surface area contributed by atoms with Crippen molar-refractivity contribution in [1.82, 2.24) is 0 Å². The van der Waals surface area contributed by atoms with Gasteiger partial charge in [0, 0.05) is 0 Å². The molecule has 3 aromatic rings. The van der Waals surface area contributed by atoms with E-state index in [1.165, 1.54) is 0 Å². The quantitative estimate of drug-likeness (QED) is 0.242. The van der Waals surface area contributed by atoms with E-state index in [0.29, 0.717) is 27.5 Å². The van der Waals surface area contributed by atoms with Crippen molar-refractivity contribution in [3.05, 3.63) is 89.5 Å². The Morgan fingerprint density at radius 1 is 0.526 bits per heavy atom. The number of unbranched alkanes of at least 4 members (excludes halogenated alkanes) is 1. The molecule has 7 heteroatoms. The molecule has 6 nitrogen and oxygen atoms in total. The zero-order valence-electron chi connectivity index (χ0n) is 23.6. The molecule has 0 amide bonds. The predicted octanol–water partition coefficient (Wildman–Crippen LogP) is 5.70. The topological polar surface area (TPSA) is 60.9 Å². The molecule has 0 aliphatic heterocycles. The normalized spacial score (nSPS) is 11.1. The molecule has 0 radical (unpaired) electrons. The van der Waals surface area contributed by atoms with Gasteiger partial charge in [-0.3, -0.25) is 0 Å². The first-order valence-electron chi connectivity index (χ1n) is 13.0. The van der Waals surface area contributed by atoms with E-state index in [1.54, 1.807) is 36.4 Å². The number of nitrogens with zero attached hydrogens (tertiary/aromatic N) is 3. The molecule has 38 heavy (non-hydrogen) atoms. The second-order valence-electron chi connectivity index (χ2n) is 10.3. The van der Waals surface area contributed by atoms with Gasteiger partial charge < -0.3 is 0 Å². The minimum absolute atomic E-state index is 0.249. The third-order valence-corrected chi connectivity index (χ3v) is 19.3. The van der Waals surface area contributed by atoms with Crippen molar-refractivity contribution >= 4 is 46.8 Å². The van der Waals surface area contributed by atoms with Crippen LogP contribution in [0.2, 0.25) is 4.44 Å². The second-order valence-corrected chi connectivity index (χ2v) is 20.8. The van der Waals surface area contributed by atoms with E-state index in [0.717, 1.165) is 23.5 Å². The van der Waals surface area contributed by atoms with Crippen LogP contribution in [0, 0.1) is 0 Å². The zero-order chi connectivity index (χ0) is 28.0. The van der Waals surface area contributed by atoms with Gasteiger partial charge >= 0.3 is 232 Å². The van der Waals surface area contributed by atoms with Gasteiger partial charge in [-0.1, -0.05) is 0 Å². The standard InChI is InChI=1S/3C9H10NO.C4H9.Sn/c3*1-10(2)9-5-3-8(7-11)4-6-9;1-3-4-2;/h3*3-6H,1-2H3;1,3-4H2,2H3;. The van der Waals surface area contributed by atoms with E-state index < -0.39 is 18.4 Å². The van der Waals surface area contributed by atoms with Crippen LogP contribution in [-0.2, 0) is 0 Å². The Labute approximate surface area is 231 Å². The van der Waals surface area contributed by atoms with Crippen molar-refractivity contribution in [3.63, 3.8) is 0 Å². The number of benzene rings is 3. The van der Waals surface area contributed by atoms with Crippen LogP contribution >= 0.6 is 0 Å². The van der Waals surface area contributed by atoms with Crippen LogP contribution in [0.1, 0.15) is 50.8 Å². The van der Waals surface area contributed by atoms with Crippen molar-refractivity contribution in [2.24, 2.45) is 0 Å². The molecular weight excluding hydrogens is 581 g/mol. The van der Waals surface area contributed by atoms with E-state index in [9.17, 15) is 14.4 Å². The SMILES string of the molecule is CCC[CH2][Sn]([C](=O)c1ccc(N(C)C)cc1)([C](=O)c1ccc(N(C)C)cc1)[C](=O)c1ccc(N(C)C)cc1. The molecule has 200 valence electrons. The number of anilines is 3. The minimum atomic E-state index is -5.00. The first kappa shape index (κ1) is 29.4. The Morgan fingerprint density at radius 2 is 0.789 bits per heavy atom. The molecule has 0 saturated heterocycles. The maximum atomic E-state index is 14.5. The molecule has 0 spiro atoms. The third-order valence-electron chi connectivity index (χ3n) is 7.01. The van der Waals surface area contributed by atoms with Crippen molar-refractivity contribution in [2.75, 3.05) is 57.0 Å². The molecule has 0 aliphatic rings.